The molecule has 0 radical (unpaired) electrons. The Hall–Kier alpha value is -5.16. The number of rotatable bonds is 3. The summed E-state index contributed by atoms with van der Waals surface area (Å²) in [6, 6.07) is 37.8. The largest absolute Gasteiger partial charge is 0.573 e. The van der Waals surface area contributed by atoms with E-state index in [1.807, 2.05) is 60.7 Å². The summed E-state index contributed by atoms with van der Waals surface area (Å²) in [6.45, 7) is 0. The van der Waals surface area contributed by atoms with Gasteiger partial charge >= 0.3 is 6.36 Å². The van der Waals surface area contributed by atoms with Gasteiger partial charge in [-0.3, -0.25) is 0 Å². The highest BCUT2D eigenvalue weighted by Crippen LogP contribution is 2.46. The predicted octanol–water partition coefficient (Wildman–Crippen LogP) is 11.3. The van der Waals surface area contributed by atoms with Gasteiger partial charge in [0.2, 0.25) is 0 Å². The maximum atomic E-state index is 15.6. The topological polar surface area (TPSA) is 9.23 Å². The molecule has 0 heterocycles. The van der Waals surface area contributed by atoms with Crippen molar-refractivity contribution in [1.29, 1.82) is 0 Å². The van der Waals surface area contributed by atoms with E-state index in [1.54, 1.807) is 12.1 Å². The molecule has 0 bridgehead atoms. The highest BCUT2D eigenvalue weighted by atomic mass is 19.4. The van der Waals surface area contributed by atoms with E-state index in [4.69, 9.17) is 0 Å². The zero-order valence-corrected chi connectivity index (χ0v) is 22.0. The van der Waals surface area contributed by atoms with Crippen molar-refractivity contribution in [2.75, 3.05) is 0 Å². The van der Waals surface area contributed by atoms with E-state index in [1.165, 1.54) is 12.1 Å². The molecular formula is C37H20F4O. The van der Waals surface area contributed by atoms with Gasteiger partial charge in [0, 0.05) is 10.8 Å². The van der Waals surface area contributed by atoms with Gasteiger partial charge in [0.15, 0.2) is 0 Å². The molecule has 8 aromatic carbocycles. The summed E-state index contributed by atoms with van der Waals surface area (Å²) in [7, 11) is 0. The minimum atomic E-state index is -4.74. The van der Waals surface area contributed by atoms with E-state index in [0.29, 0.717) is 10.8 Å². The van der Waals surface area contributed by atoms with Crippen LogP contribution in [0.2, 0.25) is 0 Å². The van der Waals surface area contributed by atoms with Gasteiger partial charge < -0.3 is 4.74 Å². The van der Waals surface area contributed by atoms with Crippen LogP contribution in [0.5, 0.6) is 5.75 Å². The number of hydrogen-bond acceptors (Lipinski definition) is 1. The van der Waals surface area contributed by atoms with Crippen LogP contribution in [0.25, 0.3) is 76.1 Å². The number of hydrogen-bond donors (Lipinski definition) is 0. The van der Waals surface area contributed by atoms with Crippen molar-refractivity contribution >= 4 is 53.9 Å². The Labute approximate surface area is 237 Å². The minimum absolute atomic E-state index is 0.223. The normalized spacial score (nSPS) is 12.3. The van der Waals surface area contributed by atoms with Crippen LogP contribution in [-0.4, -0.2) is 6.36 Å². The monoisotopic (exact) mass is 556 g/mol. The molecule has 202 valence electrons. The lowest BCUT2D eigenvalue weighted by Gasteiger charge is -2.19. The molecule has 0 aliphatic rings. The maximum Gasteiger partial charge on any atom is 0.573 e. The summed E-state index contributed by atoms with van der Waals surface area (Å²) in [4.78, 5) is 0. The van der Waals surface area contributed by atoms with Gasteiger partial charge in [0.05, 0.1) is 0 Å². The Morgan fingerprint density at radius 2 is 0.929 bits per heavy atom. The quantitative estimate of drug-likeness (QED) is 0.119. The number of ether oxygens (including phenoxy) is 1. The second-order valence-electron chi connectivity index (χ2n) is 10.5. The molecule has 0 saturated carbocycles. The molecule has 0 N–H and O–H groups in total. The number of alkyl halides is 3. The zero-order valence-electron chi connectivity index (χ0n) is 22.0. The molecule has 0 spiro atoms. The average Bonchev–Trinajstić information content (AvgIpc) is 3.00. The smallest absolute Gasteiger partial charge is 0.406 e. The van der Waals surface area contributed by atoms with Crippen molar-refractivity contribution < 1.29 is 22.3 Å². The highest BCUT2D eigenvalue weighted by Gasteiger charge is 2.31. The Morgan fingerprint density at radius 3 is 1.48 bits per heavy atom. The van der Waals surface area contributed by atoms with Crippen LogP contribution < -0.4 is 4.74 Å². The third kappa shape index (κ3) is 3.70. The number of halogens is 4. The first-order valence-electron chi connectivity index (χ1n) is 13.5. The molecule has 0 fully saturated rings. The standard InChI is InChI=1S/C37H20F4O/c38-36-31-7-3-1-5-26(31)35(27-6-2-4-8-32(27)36)30-20-14-23-12-18-28-25(17-11-22-13-19-29(30)34(23)33(22)28)21-9-15-24(16-10-21)42-37(39,40)41/h1-20H. The summed E-state index contributed by atoms with van der Waals surface area (Å²) in [5.74, 6) is -0.480. The van der Waals surface area contributed by atoms with Gasteiger partial charge in [0.1, 0.15) is 11.6 Å². The highest BCUT2D eigenvalue weighted by molar-refractivity contribution is 6.29. The molecule has 0 atom stereocenters. The lowest BCUT2D eigenvalue weighted by molar-refractivity contribution is -0.274. The summed E-state index contributed by atoms with van der Waals surface area (Å²) in [5.41, 5.74) is 3.71. The summed E-state index contributed by atoms with van der Waals surface area (Å²) in [5, 5.41) is 9.24. The van der Waals surface area contributed by atoms with Crippen molar-refractivity contribution in [3.05, 3.63) is 127 Å². The molecule has 8 rings (SSSR count). The molecule has 0 aromatic heterocycles. The number of fused-ring (bicyclic) bond motifs is 2. The Bertz CT molecular complexity index is 2260. The lowest BCUT2D eigenvalue weighted by Crippen LogP contribution is -2.16. The molecular weight excluding hydrogens is 536 g/mol. The van der Waals surface area contributed by atoms with E-state index >= 15 is 4.39 Å². The molecule has 0 aliphatic carbocycles. The van der Waals surface area contributed by atoms with Crippen LogP contribution in [0.3, 0.4) is 0 Å². The molecule has 5 heteroatoms. The second-order valence-corrected chi connectivity index (χ2v) is 10.5. The van der Waals surface area contributed by atoms with Crippen molar-refractivity contribution in [2.45, 2.75) is 6.36 Å². The van der Waals surface area contributed by atoms with Crippen LogP contribution in [-0.2, 0) is 0 Å². The summed E-state index contributed by atoms with van der Waals surface area (Å²) in [6.07, 6.45) is -4.74. The van der Waals surface area contributed by atoms with Gasteiger partial charge in [-0.15, -0.1) is 13.2 Å². The fourth-order valence-corrected chi connectivity index (χ4v) is 6.47. The van der Waals surface area contributed by atoms with E-state index in [0.717, 1.165) is 65.3 Å². The first-order valence-corrected chi connectivity index (χ1v) is 13.5. The molecule has 0 aliphatic heterocycles. The third-order valence-corrected chi connectivity index (χ3v) is 8.20. The number of benzene rings is 8. The Morgan fingerprint density at radius 1 is 0.452 bits per heavy atom. The zero-order chi connectivity index (χ0) is 28.6. The molecule has 8 aromatic rings. The van der Waals surface area contributed by atoms with Crippen LogP contribution in [0.15, 0.2) is 121 Å². The van der Waals surface area contributed by atoms with E-state index in [9.17, 15) is 13.2 Å². The van der Waals surface area contributed by atoms with Crippen LogP contribution in [0.4, 0.5) is 17.6 Å². The van der Waals surface area contributed by atoms with Crippen LogP contribution in [0, 0.1) is 5.82 Å². The van der Waals surface area contributed by atoms with Gasteiger partial charge in [-0.25, -0.2) is 4.39 Å². The van der Waals surface area contributed by atoms with Gasteiger partial charge in [0.25, 0.3) is 0 Å². The SMILES string of the molecule is Fc1c2ccccc2c(-c2ccc3ccc4c(-c5ccc(OC(F)(F)F)cc5)ccc5ccc2c3c54)c2ccccc12. The third-order valence-electron chi connectivity index (χ3n) is 8.20. The molecule has 0 unspecified atom stereocenters. The van der Waals surface area contributed by atoms with Gasteiger partial charge in [-0.1, -0.05) is 109 Å². The first kappa shape index (κ1) is 24.6. The van der Waals surface area contributed by atoms with Crippen LogP contribution in [0.1, 0.15) is 0 Å². The molecule has 1 nitrogen and oxygen atoms in total. The summed E-state index contributed by atoms with van der Waals surface area (Å²) < 4.78 is 57.9. The van der Waals surface area contributed by atoms with Crippen LogP contribution >= 0.6 is 0 Å². The fourth-order valence-electron chi connectivity index (χ4n) is 6.47. The maximum absolute atomic E-state index is 15.6. The predicted molar refractivity (Wildman–Crippen MR) is 163 cm³/mol. The van der Waals surface area contributed by atoms with E-state index < -0.39 is 6.36 Å². The summed E-state index contributed by atoms with van der Waals surface area (Å²) >= 11 is 0. The van der Waals surface area contributed by atoms with Crippen molar-refractivity contribution in [3.63, 3.8) is 0 Å². The average molecular weight is 557 g/mol. The van der Waals surface area contributed by atoms with Gasteiger partial charge in [-0.05, 0) is 77.5 Å². The van der Waals surface area contributed by atoms with E-state index in [-0.39, 0.29) is 11.6 Å². The minimum Gasteiger partial charge on any atom is -0.406 e. The van der Waals surface area contributed by atoms with E-state index in [2.05, 4.69) is 41.1 Å². The second kappa shape index (κ2) is 8.92. The molecule has 0 saturated heterocycles. The van der Waals surface area contributed by atoms with Crippen molar-refractivity contribution in [3.8, 4) is 28.0 Å². The first-order chi connectivity index (χ1) is 20.4. The Balaban J connectivity index is 1.41. The molecule has 42 heavy (non-hydrogen) atoms. The Kier molecular flexibility index (Phi) is 5.23. The lowest BCUT2D eigenvalue weighted by atomic mass is 9.85. The van der Waals surface area contributed by atoms with Crippen molar-refractivity contribution in [2.24, 2.45) is 0 Å². The van der Waals surface area contributed by atoms with Gasteiger partial charge in [-0.2, -0.15) is 0 Å². The molecule has 0 amide bonds. The van der Waals surface area contributed by atoms with Crippen molar-refractivity contribution in [1.82, 2.24) is 0 Å². The fraction of sp³-hybridized carbons (Fsp3) is 0.0270.